The van der Waals surface area contributed by atoms with Crippen LogP contribution in [0, 0.1) is 0 Å². The molecule has 1 amide bonds. The lowest BCUT2D eigenvalue weighted by molar-refractivity contribution is -0.121. The average molecular weight is 410 g/mol. The third-order valence-electron chi connectivity index (χ3n) is 4.10. The molecule has 2 aromatic rings. The summed E-state index contributed by atoms with van der Waals surface area (Å²) in [7, 11) is 1.64. The largest absolute Gasteiger partial charge is 0.496 e. The first-order valence-corrected chi connectivity index (χ1v) is 9.59. The average Bonchev–Trinajstić information content (AvgIpc) is 3.24. The highest BCUT2D eigenvalue weighted by atomic mass is 79.9. The molecule has 0 aliphatic carbocycles. The van der Waals surface area contributed by atoms with Gasteiger partial charge in [-0.2, -0.15) is 0 Å². The van der Waals surface area contributed by atoms with Crippen LogP contribution in [0.2, 0.25) is 0 Å². The maximum atomic E-state index is 12.2. The van der Waals surface area contributed by atoms with Gasteiger partial charge in [-0.3, -0.25) is 4.79 Å². The lowest BCUT2D eigenvalue weighted by atomic mass is 10.1. The van der Waals surface area contributed by atoms with E-state index in [2.05, 4.69) is 31.1 Å². The zero-order valence-electron chi connectivity index (χ0n) is 13.5. The van der Waals surface area contributed by atoms with Crippen LogP contribution in [0.5, 0.6) is 5.75 Å². The lowest BCUT2D eigenvalue weighted by Gasteiger charge is -2.15. The Morgan fingerprint density at radius 2 is 2.42 bits per heavy atom. The van der Waals surface area contributed by atoms with Gasteiger partial charge in [-0.25, -0.2) is 4.98 Å². The first-order valence-electron chi connectivity index (χ1n) is 7.92. The first-order chi connectivity index (χ1) is 11.7. The van der Waals surface area contributed by atoms with Crippen LogP contribution < -0.4 is 15.0 Å². The van der Waals surface area contributed by atoms with Crippen molar-refractivity contribution in [3.05, 3.63) is 39.8 Å². The van der Waals surface area contributed by atoms with E-state index >= 15 is 0 Å². The molecule has 1 unspecified atom stereocenters. The van der Waals surface area contributed by atoms with Gasteiger partial charge >= 0.3 is 0 Å². The SMILES string of the molecule is COc1ccc(CCC(=O)NC2CCN(c3nccs3)C2)cc1Br. The number of aromatic nitrogens is 1. The van der Waals surface area contributed by atoms with Crippen LogP contribution >= 0.6 is 27.3 Å². The standard InChI is InChI=1S/C17H20BrN3O2S/c1-23-15-4-2-12(10-14(15)18)3-5-16(22)20-13-6-8-21(11-13)17-19-7-9-24-17/h2,4,7,9-10,13H,3,5-6,8,11H2,1H3,(H,20,22). The molecule has 0 bridgehead atoms. The molecule has 128 valence electrons. The van der Waals surface area contributed by atoms with Crippen molar-refractivity contribution in [2.45, 2.75) is 25.3 Å². The normalized spacial score (nSPS) is 17.1. The first kappa shape index (κ1) is 17.2. The fraction of sp³-hybridized carbons (Fsp3) is 0.412. The van der Waals surface area contributed by atoms with Gasteiger partial charge in [0.05, 0.1) is 11.6 Å². The summed E-state index contributed by atoms with van der Waals surface area (Å²) >= 11 is 5.12. The molecule has 0 radical (unpaired) electrons. The quantitative estimate of drug-likeness (QED) is 0.795. The molecule has 1 saturated heterocycles. The highest BCUT2D eigenvalue weighted by Crippen LogP contribution is 2.26. The molecule has 0 spiro atoms. The highest BCUT2D eigenvalue weighted by molar-refractivity contribution is 9.10. The van der Waals surface area contributed by atoms with E-state index in [1.165, 1.54) is 0 Å². The van der Waals surface area contributed by atoms with Crippen molar-refractivity contribution in [2.75, 3.05) is 25.1 Å². The number of aryl methyl sites for hydroxylation is 1. The number of rotatable bonds is 6. The number of nitrogens with one attached hydrogen (secondary N) is 1. The zero-order valence-corrected chi connectivity index (χ0v) is 15.9. The third kappa shape index (κ3) is 4.27. The van der Waals surface area contributed by atoms with Gasteiger partial charge in [0.2, 0.25) is 5.91 Å². The number of halogens is 1. The minimum atomic E-state index is 0.105. The zero-order chi connectivity index (χ0) is 16.9. The van der Waals surface area contributed by atoms with E-state index in [1.54, 1.807) is 18.4 Å². The number of hydrogen-bond donors (Lipinski definition) is 1. The Balaban J connectivity index is 1.45. The predicted molar refractivity (Wildman–Crippen MR) is 99.9 cm³/mol. The van der Waals surface area contributed by atoms with E-state index in [-0.39, 0.29) is 11.9 Å². The van der Waals surface area contributed by atoms with Crippen LogP contribution in [0.25, 0.3) is 0 Å². The summed E-state index contributed by atoms with van der Waals surface area (Å²) in [6, 6.07) is 6.13. The molecule has 1 aliphatic rings. The van der Waals surface area contributed by atoms with Gasteiger partial charge in [0.25, 0.3) is 0 Å². The number of amides is 1. The molecule has 7 heteroatoms. The van der Waals surface area contributed by atoms with E-state index in [0.29, 0.717) is 6.42 Å². The number of anilines is 1. The molecule has 24 heavy (non-hydrogen) atoms. The molecule has 3 rings (SSSR count). The summed E-state index contributed by atoms with van der Waals surface area (Å²) in [6.45, 7) is 1.79. The van der Waals surface area contributed by atoms with Gasteiger partial charge in [-0.05, 0) is 46.5 Å². The van der Waals surface area contributed by atoms with Crippen molar-refractivity contribution < 1.29 is 9.53 Å². The van der Waals surface area contributed by atoms with Crippen molar-refractivity contribution in [3.63, 3.8) is 0 Å². The second-order valence-corrected chi connectivity index (χ2v) is 7.51. The summed E-state index contributed by atoms with van der Waals surface area (Å²) in [6.07, 6.45) is 4.00. The maximum absolute atomic E-state index is 12.2. The van der Waals surface area contributed by atoms with Gasteiger partial charge < -0.3 is 15.0 Å². The number of hydrogen-bond acceptors (Lipinski definition) is 5. The maximum Gasteiger partial charge on any atom is 0.220 e. The van der Waals surface area contributed by atoms with Crippen molar-refractivity contribution >= 4 is 38.3 Å². The highest BCUT2D eigenvalue weighted by Gasteiger charge is 2.25. The third-order valence-corrected chi connectivity index (χ3v) is 5.55. The molecule has 2 heterocycles. The molecule has 1 aromatic heterocycles. The van der Waals surface area contributed by atoms with E-state index in [9.17, 15) is 4.79 Å². The van der Waals surface area contributed by atoms with E-state index < -0.39 is 0 Å². The molecule has 0 saturated carbocycles. The Bertz CT molecular complexity index is 693. The fourth-order valence-corrected chi connectivity index (χ4v) is 4.12. The smallest absolute Gasteiger partial charge is 0.220 e. The van der Waals surface area contributed by atoms with Crippen molar-refractivity contribution in [1.82, 2.24) is 10.3 Å². The second-order valence-electron chi connectivity index (χ2n) is 5.78. The Morgan fingerprint density at radius 3 is 3.12 bits per heavy atom. The van der Waals surface area contributed by atoms with Crippen molar-refractivity contribution in [3.8, 4) is 5.75 Å². The summed E-state index contributed by atoms with van der Waals surface area (Å²) in [5, 5.41) is 6.16. The van der Waals surface area contributed by atoms with Crippen LogP contribution in [-0.4, -0.2) is 37.1 Å². The van der Waals surface area contributed by atoms with Gasteiger partial charge in [0.1, 0.15) is 5.75 Å². The van der Waals surface area contributed by atoms with Crippen LogP contribution in [0.3, 0.4) is 0 Å². The molecule has 1 aromatic carbocycles. The number of carbonyl (C=O) groups is 1. The van der Waals surface area contributed by atoms with Gasteiger partial charge in [-0.15, -0.1) is 11.3 Å². The topological polar surface area (TPSA) is 54.5 Å². The number of thiazole rings is 1. The number of nitrogens with zero attached hydrogens (tertiary/aromatic N) is 2. The van der Waals surface area contributed by atoms with Crippen molar-refractivity contribution in [1.29, 1.82) is 0 Å². The molecule has 1 N–H and O–H groups in total. The summed E-state index contributed by atoms with van der Waals surface area (Å²) in [5.74, 6) is 0.907. The lowest BCUT2D eigenvalue weighted by Crippen LogP contribution is -2.37. The minimum Gasteiger partial charge on any atom is -0.496 e. The molecule has 5 nitrogen and oxygen atoms in total. The van der Waals surface area contributed by atoms with Gasteiger partial charge in [-0.1, -0.05) is 6.07 Å². The van der Waals surface area contributed by atoms with E-state index in [1.807, 2.05) is 29.8 Å². The summed E-state index contributed by atoms with van der Waals surface area (Å²) in [5.41, 5.74) is 1.12. The number of carbonyl (C=O) groups excluding carboxylic acids is 1. The Hall–Kier alpha value is -1.60. The van der Waals surface area contributed by atoms with E-state index in [0.717, 1.165) is 46.8 Å². The van der Waals surface area contributed by atoms with Gasteiger partial charge in [0, 0.05) is 37.1 Å². The molecule has 1 aliphatic heterocycles. The predicted octanol–water partition coefficient (Wildman–Crippen LogP) is 3.24. The Morgan fingerprint density at radius 1 is 1.54 bits per heavy atom. The van der Waals surface area contributed by atoms with Crippen molar-refractivity contribution in [2.24, 2.45) is 0 Å². The Labute approximate surface area is 154 Å². The second kappa shape index (κ2) is 7.98. The monoisotopic (exact) mass is 409 g/mol. The number of methoxy groups -OCH3 is 1. The molecular weight excluding hydrogens is 390 g/mol. The summed E-state index contributed by atoms with van der Waals surface area (Å²) in [4.78, 5) is 18.8. The Kier molecular flexibility index (Phi) is 5.73. The molecule has 1 atom stereocenters. The van der Waals surface area contributed by atoms with Crippen LogP contribution in [0.1, 0.15) is 18.4 Å². The van der Waals surface area contributed by atoms with E-state index in [4.69, 9.17) is 4.74 Å². The van der Waals surface area contributed by atoms with Crippen LogP contribution in [-0.2, 0) is 11.2 Å². The number of ether oxygens (including phenoxy) is 1. The van der Waals surface area contributed by atoms with Crippen LogP contribution in [0.15, 0.2) is 34.2 Å². The minimum absolute atomic E-state index is 0.105. The van der Waals surface area contributed by atoms with Crippen LogP contribution in [0.4, 0.5) is 5.13 Å². The summed E-state index contributed by atoms with van der Waals surface area (Å²) < 4.78 is 6.13. The molecule has 1 fully saturated rings. The molecular formula is C17H20BrN3O2S. The number of benzene rings is 1. The fourth-order valence-electron chi connectivity index (χ4n) is 2.85. The van der Waals surface area contributed by atoms with Gasteiger partial charge in [0.15, 0.2) is 5.13 Å².